The summed E-state index contributed by atoms with van der Waals surface area (Å²) in [5.41, 5.74) is 0.121. The van der Waals surface area contributed by atoms with E-state index in [2.05, 4.69) is 16.0 Å². The highest BCUT2D eigenvalue weighted by atomic mass is 35.5. The van der Waals surface area contributed by atoms with Crippen LogP contribution in [-0.2, 0) is 9.59 Å². The van der Waals surface area contributed by atoms with Gasteiger partial charge in [0.1, 0.15) is 17.4 Å². The van der Waals surface area contributed by atoms with E-state index in [0.29, 0.717) is 16.5 Å². The summed E-state index contributed by atoms with van der Waals surface area (Å²) in [5.74, 6) is -0.557. The molecule has 0 unspecified atom stereocenters. The van der Waals surface area contributed by atoms with Crippen LogP contribution in [0.5, 0.6) is 5.75 Å². The molecule has 0 atom stereocenters. The zero-order valence-electron chi connectivity index (χ0n) is 13.8. The Bertz CT molecular complexity index is 721. The molecule has 1 aliphatic rings. The predicted octanol–water partition coefficient (Wildman–Crippen LogP) is 1.81. The first-order valence-electron chi connectivity index (χ1n) is 7.81. The van der Waals surface area contributed by atoms with Gasteiger partial charge in [-0.15, -0.1) is 0 Å². The van der Waals surface area contributed by atoms with Crippen LogP contribution in [0.15, 0.2) is 30.0 Å². The molecule has 0 aliphatic carbocycles. The molecule has 2 rings (SSSR count). The van der Waals surface area contributed by atoms with E-state index in [1.54, 1.807) is 18.2 Å². The summed E-state index contributed by atoms with van der Waals surface area (Å²) in [6, 6.07) is 6.52. The number of nitrogens with zero attached hydrogens (tertiary/aromatic N) is 1. The van der Waals surface area contributed by atoms with Crippen molar-refractivity contribution in [2.24, 2.45) is 5.92 Å². The average molecular weight is 363 g/mol. The van der Waals surface area contributed by atoms with E-state index < -0.39 is 5.91 Å². The van der Waals surface area contributed by atoms with Crippen LogP contribution in [0.2, 0.25) is 5.02 Å². The van der Waals surface area contributed by atoms with Crippen LogP contribution < -0.4 is 20.7 Å². The van der Waals surface area contributed by atoms with Crippen molar-refractivity contribution in [3.63, 3.8) is 0 Å². The number of nitrogens with one attached hydrogen (secondary N) is 3. The normalized spacial score (nSPS) is 15.2. The third kappa shape index (κ3) is 5.21. The van der Waals surface area contributed by atoms with E-state index in [-0.39, 0.29) is 17.4 Å². The van der Waals surface area contributed by atoms with Crippen molar-refractivity contribution < 1.29 is 14.3 Å². The number of halogens is 1. The summed E-state index contributed by atoms with van der Waals surface area (Å²) in [6.07, 6.45) is 2.59. The number of piperidine rings is 1. The Labute approximate surface area is 151 Å². The zero-order chi connectivity index (χ0) is 18.2. The largest absolute Gasteiger partial charge is 0.495 e. The molecule has 8 heteroatoms. The molecule has 0 aromatic heterocycles. The Morgan fingerprint density at radius 3 is 2.76 bits per heavy atom. The number of hydrogen-bond acceptors (Lipinski definition) is 5. The monoisotopic (exact) mass is 362 g/mol. The lowest BCUT2D eigenvalue weighted by Crippen LogP contribution is -2.36. The van der Waals surface area contributed by atoms with Crippen molar-refractivity contribution in [2.45, 2.75) is 12.8 Å². The molecule has 25 heavy (non-hydrogen) atoms. The molecule has 0 saturated carbocycles. The van der Waals surface area contributed by atoms with Gasteiger partial charge in [0.2, 0.25) is 5.91 Å². The lowest BCUT2D eigenvalue weighted by molar-refractivity contribution is -0.124. The molecule has 7 nitrogen and oxygen atoms in total. The minimum atomic E-state index is -0.659. The van der Waals surface area contributed by atoms with E-state index in [4.69, 9.17) is 16.3 Å². The van der Waals surface area contributed by atoms with Gasteiger partial charge in [-0.2, -0.15) is 5.26 Å². The van der Waals surface area contributed by atoms with Crippen LogP contribution >= 0.6 is 11.6 Å². The van der Waals surface area contributed by atoms with Gasteiger partial charge in [-0.25, -0.2) is 0 Å². The van der Waals surface area contributed by atoms with E-state index in [1.807, 2.05) is 0 Å². The fraction of sp³-hybridized carbons (Fsp3) is 0.353. The molecular formula is C17H19ClN4O3. The van der Waals surface area contributed by atoms with Crippen LogP contribution in [-0.4, -0.2) is 32.0 Å². The second-order valence-electron chi connectivity index (χ2n) is 5.50. The molecule has 1 heterocycles. The van der Waals surface area contributed by atoms with Crippen LogP contribution in [0.4, 0.5) is 5.69 Å². The maximum atomic E-state index is 12.3. The van der Waals surface area contributed by atoms with E-state index in [9.17, 15) is 14.9 Å². The average Bonchev–Trinajstić information content (AvgIpc) is 2.63. The van der Waals surface area contributed by atoms with E-state index in [0.717, 1.165) is 32.1 Å². The molecule has 2 amide bonds. The Kier molecular flexibility index (Phi) is 6.81. The Balaban J connectivity index is 2.04. The minimum Gasteiger partial charge on any atom is -0.495 e. The van der Waals surface area contributed by atoms with Crippen LogP contribution in [0.3, 0.4) is 0 Å². The number of rotatable bonds is 5. The number of hydrogen-bond donors (Lipinski definition) is 3. The van der Waals surface area contributed by atoms with Gasteiger partial charge >= 0.3 is 0 Å². The summed E-state index contributed by atoms with van der Waals surface area (Å²) in [6.45, 7) is 1.56. The highest BCUT2D eigenvalue weighted by molar-refractivity contribution is 6.31. The summed E-state index contributed by atoms with van der Waals surface area (Å²) in [7, 11) is 1.46. The van der Waals surface area contributed by atoms with Crippen molar-refractivity contribution in [2.75, 3.05) is 25.5 Å². The fourth-order valence-corrected chi connectivity index (χ4v) is 2.63. The Hall–Kier alpha value is -2.56. The number of carbonyl (C=O) groups excluding carboxylic acids is 2. The molecule has 1 saturated heterocycles. The van der Waals surface area contributed by atoms with Crippen LogP contribution in [0.1, 0.15) is 12.8 Å². The van der Waals surface area contributed by atoms with Gasteiger partial charge in [0.15, 0.2) is 0 Å². The SMILES string of the molecule is COc1ccc(Cl)cc1NC(=O)/C(C#N)=C\NC(=O)C1CCNCC1. The molecule has 1 aromatic carbocycles. The van der Waals surface area contributed by atoms with Crippen LogP contribution in [0.25, 0.3) is 0 Å². The number of carbonyl (C=O) groups is 2. The topological polar surface area (TPSA) is 103 Å². The lowest BCUT2D eigenvalue weighted by Gasteiger charge is -2.20. The smallest absolute Gasteiger partial charge is 0.267 e. The highest BCUT2D eigenvalue weighted by Crippen LogP contribution is 2.27. The van der Waals surface area contributed by atoms with E-state index in [1.165, 1.54) is 13.2 Å². The number of benzene rings is 1. The number of anilines is 1. The second kappa shape index (κ2) is 9.06. The third-order valence-electron chi connectivity index (χ3n) is 3.84. The number of nitriles is 1. The van der Waals surface area contributed by atoms with Crippen LogP contribution in [0, 0.1) is 17.2 Å². The first-order chi connectivity index (χ1) is 12.0. The summed E-state index contributed by atoms with van der Waals surface area (Å²) in [4.78, 5) is 24.3. The molecule has 3 N–H and O–H groups in total. The quantitative estimate of drug-likeness (QED) is 0.547. The summed E-state index contributed by atoms with van der Waals surface area (Å²) >= 11 is 5.91. The highest BCUT2D eigenvalue weighted by Gasteiger charge is 2.20. The fourth-order valence-electron chi connectivity index (χ4n) is 2.46. The molecule has 1 fully saturated rings. The van der Waals surface area contributed by atoms with Crippen molar-refractivity contribution >= 4 is 29.1 Å². The van der Waals surface area contributed by atoms with Gasteiger partial charge in [-0.05, 0) is 44.1 Å². The third-order valence-corrected chi connectivity index (χ3v) is 4.08. The molecule has 0 spiro atoms. The zero-order valence-corrected chi connectivity index (χ0v) is 14.5. The first-order valence-corrected chi connectivity index (χ1v) is 8.19. The minimum absolute atomic E-state index is 0.117. The van der Waals surface area contributed by atoms with Crippen molar-refractivity contribution in [1.82, 2.24) is 10.6 Å². The van der Waals surface area contributed by atoms with Crippen molar-refractivity contribution in [3.05, 3.63) is 35.0 Å². The predicted molar refractivity (Wildman–Crippen MR) is 94.1 cm³/mol. The van der Waals surface area contributed by atoms with Crippen molar-refractivity contribution in [3.8, 4) is 11.8 Å². The number of methoxy groups -OCH3 is 1. The molecule has 0 radical (unpaired) electrons. The number of ether oxygens (including phenoxy) is 1. The molecule has 0 bridgehead atoms. The number of amides is 2. The van der Waals surface area contributed by atoms with Gasteiger partial charge in [0.05, 0.1) is 12.8 Å². The molecule has 132 valence electrons. The van der Waals surface area contributed by atoms with Crippen molar-refractivity contribution in [1.29, 1.82) is 5.26 Å². The maximum Gasteiger partial charge on any atom is 0.267 e. The molecule has 1 aliphatic heterocycles. The van der Waals surface area contributed by atoms with Gasteiger partial charge in [-0.1, -0.05) is 11.6 Å². The van der Waals surface area contributed by atoms with Gasteiger partial charge in [0, 0.05) is 17.1 Å². The lowest BCUT2D eigenvalue weighted by atomic mass is 9.97. The molecule has 1 aromatic rings. The van der Waals surface area contributed by atoms with E-state index >= 15 is 0 Å². The summed E-state index contributed by atoms with van der Waals surface area (Å²) < 4.78 is 5.14. The standard InChI is InChI=1S/C17H19ClN4O3/c1-25-15-3-2-13(18)8-14(15)22-17(24)12(9-19)10-21-16(23)11-4-6-20-7-5-11/h2-3,8,10-11,20H,4-7H2,1H3,(H,21,23)(H,22,24)/b12-10-. The second-order valence-corrected chi connectivity index (χ2v) is 5.94. The first kappa shape index (κ1) is 18.8. The van der Waals surface area contributed by atoms with Gasteiger partial charge in [-0.3, -0.25) is 9.59 Å². The molecular weight excluding hydrogens is 344 g/mol. The maximum absolute atomic E-state index is 12.3. The summed E-state index contributed by atoms with van der Waals surface area (Å²) in [5, 5.41) is 17.9. The Morgan fingerprint density at radius 1 is 1.40 bits per heavy atom. The van der Waals surface area contributed by atoms with Gasteiger partial charge in [0.25, 0.3) is 5.91 Å². The van der Waals surface area contributed by atoms with Gasteiger partial charge < -0.3 is 20.7 Å². The Morgan fingerprint density at radius 2 is 2.12 bits per heavy atom.